The third-order valence-electron chi connectivity index (χ3n) is 3.81. The summed E-state index contributed by atoms with van der Waals surface area (Å²) in [5.74, 6) is 0.632. The van der Waals surface area contributed by atoms with Crippen molar-refractivity contribution in [3.63, 3.8) is 0 Å². The van der Waals surface area contributed by atoms with Crippen LogP contribution in [0.4, 0.5) is 0 Å². The van der Waals surface area contributed by atoms with E-state index in [0.717, 1.165) is 46.1 Å². The van der Waals surface area contributed by atoms with Gasteiger partial charge >= 0.3 is 0 Å². The molecule has 3 heteroatoms. The van der Waals surface area contributed by atoms with Gasteiger partial charge < -0.3 is 4.42 Å². The molecule has 2 heterocycles. The van der Waals surface area contributed by atoms with Crippen LogP contribution in [-0.2, 0) is 6.42 Å². The second-order valence-corrected chi connectivity index (χ2v) is 5.42. The number of nitrogens with zero attached hydrogens (tertiary/aromatic N) is 2. The molecule has 0 aliphatic rings. The smallest absolute Gasteiger partial charge is 0.229 e. The van der Waals surface area contributed by atoms with Gasteiger partial charge in [0.05, 0.1) is 11.1 Å². The quantitative estimate of drug-likeness (QED) is 0.532. The van der Waals surface area contributed by atoms with Crippen LogP contribution >= 0.6 is 0 Å². The molecule has 0 unspecified atom stereocenters. The highest BCUT2D eigenvalue weighted by Crippen LogP contribution is 2.29. The van der Waals surface area contributed by atoms with Gasteiger partial charge in [-0.05, 0) is 30.7 Å². The van der Waals surface area contributed by atoms with Gasteiger partial charge in [0, 0.05) is 11.1 Å². The van der Waals surface area contributed by atoms with Crippen molar-refractivity contribution in [3.05, 3.63) is 60.3 Å². The molecule has 0 saturated heterocycles. The summed E-state index contributed by atoms with van der Waals surface area (Å²) >= 11 is 0. The zero-order valence-electron chi connectivity index (χ0n) is 12.4. The number of oxazole rings is 1. The summed E-state index contributed by atoms with van der Waals surface area (Å²) in [6.45, 7) is 2.17. The topological polar surface area (TPSA) is 38.9 Å². The highest BCUT2D eigenvalue weighted by molar-refractivity contribution is 5.92. The largest absolute Gasteiger partial charge is 0.436 e. The van der Waals surface area contributed by atoms with Crippen molar-refractivity contribution in [1.82, 2.24) is 9.97 Å². The van der Waals surface area contributed by atoms with E-state index in [0.29, 0.717) is 5.89 Å². The first-order valence-electron chi connectivity index (χ1n) is 7.60. The fourth-order valence-corrected chi connectivity index (χ4v) is 2.74. The number of aryl methyl sites for hydroxylation is 1. The Kier molecular flexibility index (Phi) is 3.11. The molecule has 4 aromatic rings. The molecule has 108 valence electrons. The molecule has 0 N–H and O–H groups in total. The van der Waals surface area contributed by atoms with E-state index in [1.54, 1.807) is 0 Å². The lowest BCUT2D eigenvalue weighted by molar-refractivity contribution is 0.620. The molecule has 3 nitrogen and oxygen atoms in total. The highest BCUT2D eigenvalue weighted by atomic mass is 16.3. The van der Waals surface area contributed by atoms with Crippen LogP contribution in [0.25, 0.3) is 33.5 Å². The summed E-state index contributed by atoms with van der Waals surface area (Å²) in [7, 11) is 0. The molecule has 4 rings (SSSR count). The Morgan fingerprint density at radius 1 is 0.909 bits per heavy atom. The molecule has 2 aromatic heterocycles. The maximum Gasteiger partial charge on any atom is 0.229 e. The van der Waals surface area contributed by atoms with Crippen molar-refractivity contribution in [2.45, 2.75) is 19.8 Å². The number of benzene rings is 2. The normalized spacial score (nSPS) is 11.3. The van der Waals surface area contributed by atoms with Crippen LogP contribution in [0, 0.1) is 0 Å². The monoisotopic (exact) mass is 288 g/mol. The lowest BCUT2D eigenvalue weighted by Crippen LogP contribution is -1.91. The Balaban J connectivity index is 1.94. The van der Waals surface area contributed by atoms with Crippen LogP contribution in [-0.4, -0.2) is 9.97 Å². The van der Waals surface area contributed by atoms with Crippen LogP contribution in [0.3, 0.4) is 0 Å². The molecule has 0 aliphatic carbocycles. The molecule has 0 spiro atoms. The molecule has 0 amide bonds. The average molecular weight is 288 g/mol. The van der Waals surface area contributed by atoms with Gasteiger partial charge in [0.1, 0.15) is 5.52 Å². The van der Waals surface area contributed by atoms with Crippen LogP contribution in [0.5, 0.6) is 0 Å². The summed E-state index contributed by atoms with van der Waals surface area (Å²) < 4.78 is 5.91. The van der Waals surface area contributed by atoms with Crippen molar-refractivity contribution in [2.24, 2.45) is 0 Å². The first-order chi connectivity index (χ1) is 10.8. The van der Waals surface area contributed by atoms with E-state index in [1.807, 2.05) is 36.4 Å². The molecule has 22 heavy (non-hydrogen) atoms. The van der Waals surface area contributed by atoms with Gasteiger partial charge in [-0.15, -0.1) is 0 Å². The lowest BCUT2D eigenvalue weighted by Gasteiger charge is -2.05. The van der Waals surface area contributed by atoms with E-state index in [9.17, 15) is 0 Å². The van der Waals surface area contributed by atoms with Crippen LogP contribution in [0.15, 0.2) is 59.0 Å². The lowest BCUT2D eigenvalue weighted by atomic mass is 10.1. The van der Waals surface area contributed by atoms with Gasteiger partial charge in [-0.2, -0.15) is 0 Å². The van der Waals surface area contributed by atoms with Crippen molar-refractivity contribution in [1.29, 1.82) is 0 Å². The van der Waals surface area contributed by atoms with Crippen LogP contribution in [0.1, 0.15) is 19.0 Å². The van der Waals surface area contributed by atoms with E-state index < -0.39 is 0 Å². The fourth-order valence-electron chi connectivity index (χ4n) is 2.74. The Morgan fingerprint density at radius 2 is 1.82 bits per heavy atom. The summed E-state index contributed by atoms with van der Waals surface area (Å²) in [5.41, 5.74) is 4.70. The van der Waals surface area contributed by atoms with Crippen molar-refractivity contribution in [3.8, 4) is 11.5 Å². The Labute approximate surface area is 128 Å². The van der Waals surface area contributed by atoms with Gasteiger partial charge in [0.2, 0.25) is 5.89 Å². The number of rotatable bonds is 3. The predicted molar refractivity (Wildman–Crippen MR) is 88.7 cm³/mol. The zero-order valence-corrected chi connectivity index (χ0v) is 12.4. The number of aromatic nitrogens is 2. The van der Waals surface area contributed by atoms with E-state index in [2.05, 4.69) is 30.1 Å². The minimum absolute atomic E-state index is 0.632. The predicted octanol–water partition coefficient (Wildman–Crippen LogP) is 5.00. The highest BCUT2D eigenvalue weighted by Gasteiger charge is 2.12. The maximum absolute atomic E-state index is 5.91. The number of fused-ring (bicyclic) bond motifs is 2. The van der Waals surface area contributed by atoms with Crippen molar-refractivity contribution < 1.29 is 4.42 Å². The molecular formula is C19H16N2O. The summed E-state index contributed by atoms with van der Waals surface area (Å²) in [6.07, 6.45) is 2.07. The number of hydrogen-bond acceptors (Lipinski definition) is 3. The van der Waals surface area contributed by atoms with Crippen LogP contribution < -0.4 is 0 Å². The SMILES string of the molecule is CCCc1ccc2cccc(-c3nc4ccccc4o3)c2n1. The Bertz CT molecular complexity index is 923. The third kappa shape index (κ3) is 2.15. The second kappa shape index (κ2) is 5.26. The first kappa shape index (κ1) is 13.0. The van der Waals surface area contributed by atoms with Gasteiger partial charge in [-0.1, -0.05) is 43.7 Å². The van der Waals surface area contributed by atoms with Gasteiger partial charge in [0.25, 0.3) is 0 Å². The summed E-state index contributed by atoms with van der Waals surface area (Å²) in [5, 5.41) is 1.11. The number of para-hydroxylation sites is 3. The molecule has 0 radical (unpaired) electrons. The van der Waals surface area contributed by atoms with Crippen molar-refractivity contribution >= 4 is 22.0 Å². The maximum atomic E-state index is 5.91. The molecule has 0 fully saturated rings. The van der Waals surface area contributed by atoms with E-state index in [1.165, 1.54) is 0 Å². The number of pyridine rings is 1. The van der Waals surface area contributed by atoms with Gasteiger partial charge in [-0.25, -0.2) is 4.98 Å². The second-order valence-electron chi connectivity index (χ2n) is 5.42. The molecule has 0 saturated carbocycles. The van der Waals surface area contributed by atoms with E-state index in [-0.39, 0.29) is 0 Å². The first-order valence-corrected chi connectivity index (χ1v) is 7.60. The van der Waals surface area contributed by atoms with Crippen molar-refractivity contribution in [2.75, 3.05) is 0 Å². The molecule has 0 bridgehead atoms. The minimum atomic E-state index is 0.632. The number of hydrogen-bond donors (Lipinski definition) is 0. The molecule has 0 aliphatic heterocycles. The van der Waals surface area contributed by atoms with Gasteiger partial charge in [0.15, 0.2) is 5.58 Å². The van der Waals surface area contributed by atoms with Gasteiger partial charge in [-0.3, -0.25) is 4.98 Å². The molecule has 0 atom stereocenters. The summed E-state index contributed by atoms with van der Waals surface area (Å²) in [4.78, 5) is 9.41. The van der Waals surface area contributed by atoms with Crippen LogP contribution in [0.2, 0.25) is 0 Å². The average Bonchev–Trinajstić information content (AvgIpc) is 2.98. The van der Waals surface area contributed by atoms with E-state index >= 15 is 0 Å². The zero-order chi connectivity index (χ0) is 14.9. The third-order valence-corrected chi connectivity index (χ3v) is 3.81. The summed E-state index contributed by atoms with van der Waals surface area (Å²) in [6, 6.07) is 18.2. The molecule has 2 aromatic carbocycles. The minimum Gasteiger partial charge on any atom is -0.436 e. The Hall–Kier alpha value is -2.68. The fraction of sp³-hybridized carbons (Fsp3) is 0.158. The standard InChI is InChI=1S/C19H16N2O/c1-2-6-14-12-11-13-7-5-8-15(18(13)20-14)19-21-16-9-3-4-10-17(16)22-19/h3-5,7-12H,2,6H2,1H3. The van der Waals surface area contributed by atoms with E-state index in [4.69, 9.17) is 9.40 Å². The Morgan fingerprint density at radius 3 is 2.68 bits per heavy atom. The molecular weight excluding hydrogens is 272 g/mol.